The van der Waals surface area contributed by atoms with Crippen LogP contribution in [0.4, 0.5) is 10.5 Å². The molecule has 2 aromatic carbocycles. The number of piperazine rings is 1. The molecule has 4 rings (SSSR count). The molecule has 0 aliphatic carbocycles. The molecule has 1 N–H and O–H groups in total. The maximum Gasteiger partial charge on any atom is 0.318 e. The molecule has 3 amide bonds. The Balaban J connectivity index is 1.28. The van der Waals surface area contributed by atoms with E-state index in [1.165, 1.54) is 16.8 Å². The van der Waals surface area contributed by atoms with Crippen LogP contribution in [0.15, 0.2) is 54.6 Å². The SMILES string of the molecule is CC(NC(=O)N1CCN(c2ccccc2)CC1)C(=O)N1CCc2ccccc2C1. The molecule has 0 saturated carbocycles. The van der Waals surface area contributed by atoms with Gasteiger partial charge in [-0.3, -0.25) is 4.79 Å². The molecule has 6 nitrogen and oxygen atoms in total. The summed E-state index contributed by atoms with van der Waals surface area (Å²) in [7, 11) is 0. The quantitative estimate of drug-likeness (QED) is 0.873. The Morgan fingerprint density at radius 2 is 1.48 bits per heavy atom. The number of urea groups is 1. The Morgan fingerprint density at radius 1 is 0.828 bits per heavy atom. The minimum atomic E-state index is -0.528. The van der Waals surface area contributed by atoms with Gasteiger partial charge in [0.1, 0.15) is 6.04 Å². The molecule has 29 heavy (non-hydrogen) atoms. The van der Waals surface area contributed by atoms with Gasteiger partial charge in [0.15, 0.2) is 0 Å². The van der Waals surface area contributed by atoms with Gasteiger partial charge in [-0.05, 0) is 36.6 Å². The Bertz CT molecular complexity index is 862. The van der Waals surface area contributed by atoms with Gasteiger partial charge in [-0.25, -0.2) is 4.79 Å². The van der Waals surface area contributed by atoms with E-state index >= 15 is 0 Å². The monoisotopic (exact) mass is 392 g/mol. The minimum absolute atomic E-state index is 0.0178. The number of para-hydroxylation sites is 1. The van der Waals surface area contributed by atoms with E-state index in [0.717, 1.165) is 19.5 Å². The van der Waals surface area contributed by atoms with E-state index in [0.29, 0.717) is 26.2 Å². The first-order valence-corrected chi connectivity index (χ1v) is 10.3. The molecule has 6 heteroatoms. The topological polar surface area (TPSA) is 55.9 Å². The first-order valence-electron chi connectivity index (χ1n) is 10.3. The maximum absolute atomic E-state index is 12.8. The molecule has 1 unspecified atom stereocenters. The van der Waals surface area contributed by atoms with Crippen LogP contribution in [0, 0.1) is 0 Å². The molecule has 1 saturated heterocycles. The van der Waals surface area contributed by atoms with Crippen molar-refractivity contribution >= 4 is 17.6 Å². The molecule has 2 aliphatic rings. The van der Waals surface area contributed by atoms with E-state index in [9.17, 15) is 9.59 Å². The molecule has 1 fully saturated rings. The highest BCUT2D eigenvalue weighted by Crippen LogP contribution is 2.19. The highest BCUT2D eigenvalue weighted by molar-refractivity contribution is 5.87. The van der Waals surface area contributed by atoms with Crippen LogP contribution in [-0.2, 0) is 17.8 Å². The second kappa shape index (κ2) is 8.55. The Kier molecular flexibility index (Phi) is 5.69. The number of anilines is 1. The third-order valence-corrected chi connectivity index (χ3v) is 5.84. The molecular formula is C23H28N4O2. The zero-order valence-electron chi connectivity index (χ0n) is 16.9. The van der Waals surface area contributed by atoms with Crippen molar-refractivity contribution in [1.29, 1.82) is 0 Å². The molecule has 0 bridgehead atoms. The summed E-state index contributed by atoms with van der Waals surface area (Å²) >= 11 is 0. The number of benzene rings is 2. The number of hydrogen-bond acceptors (Lipinski definition) is 3. The summed E-state index contributed by atoms with van der Waals surface area (Å²) in [5, 5.41) is 2.90. The van der Waals surface area contributed by atoms with E-state index in [4.69, 9.17) is 0 Å². The van der Waals surface area contributed by atoms with Gasteiger partial charge in [0.25, 0.3) is 0 Å². The number of fused-ring (bicyclic) bond motifs is 1. The van der Waals surface area contributed by atoms with Gasteiger partial charge in [-0.15, -0.1) is 0 Å². The van der Waals surface area contributed by atoms with Crippen molar-refractivity contribution in [2.45, 2.75) is 25.9 Å². The van der Waals surface area contributed by atoms with Crippen LogP contribution >= 0.6 is 0 Å². The summed E-state index contributed by atoms with van der Waals surface area (Å²) in [6, 6.07) is 17.8. The van der Waals surface area contributed by atoms with Crippen molar-refractivity contribution in [3.05, 3.63) is 65.7 Å². The van der Waals surface area contributed by atoms with Crippen LogP contribution < -0.4 is 10.2 Å². The normalized spacial score (nSPS) is 17.5. The average molecular weight is 393 g/mol. The first-order chi connectivity index (χ1) is 14.1. The number of nitrogens with one attached hydrogen (secondary N) is 1. The summed E-state index contributed by atoms with van der Waals surface area (Å²) in [5.74, 6) is -0.0178. The summed E-state index contributed by atoms with van der Waals surface area (Å²) in [6.07, 6.45) is 0.865. The lowest BCUT2D eigenvalue weighted by molar-refractivity contribution is -0.133. The van der Waals surface area contributed by atoms with E-state index in [-0.39, 0.29) is 11.9 Å². The molecule has 0 aromatic heterocycles. The fourth-order valence-electron chi connectivity index (χ4n) is 4.10. The Labute approximate surface area is 172 Å². The minimum Gasteiger partial charge on any atom is -0.368 e. The van der Waals surface area contributed by atoms with Crippen LogP contribution in [0.25, 0.3) is 0 Å². The fraction of sp³-hybridized carbons (Fsp3) is 0.391. The van der Waals surface area contributed by atoms with E-state index in [1.807, 2.05) is 35.2 Å². The number of carbonyl (C=O) groups excluding carboxylic acids is 2. The van der Waals surface area contributed by atoms with Crippen LogP contribution in [0.2, 0.25) is 0 Å². The van der Waals surface area contributed by atoms with Crippen molar-refractivity contribution in [3.63, 3.8) is 0 Å². The molecule has 2 heterocycles. The molecular weight excluding hydrogens is 364 g/mol. The van der Waals surface area contributed by atoms with E-state index in [1.54, 1.807) is 11.8 Å². The van der Waals surface area contributed by atoms with Gasteiger partial charge in [-0.1, -0.05) is 42.5 Å². The van der Waals surface area contributed by atoms with Crippen LogP contribution in [-0.4, -0.2) is 60.5 Å². The van der Waals surface area contributed by atoms with Gasteiger partial charge < -0.3 is 20.0 Å². The first kappa shape index (κ1) is 19.3. The lowest BCUT2D eigenvalue weighted by atomic mass is 9.99. The summed E-state index contributed by atoms with van der Waals surface area (Å²) in [6.45, 7) is 5.99. The lowest BCUT2D eigenvalue weighted by Crippen LogP contribution is -2.56. The van der Waals surface area contributed by atoms with Gasteiger partial charge >= 0.3 is 6.03 Å². The Morgan fingerprint density at radius 3 is 2.21 bits per heavy atom. The number of nitrogens with zero attached hydrogens (tertiary/aromatic N) is 3. The third kappa shape index (κ3) is 4.36. The largest absolute Gasteiger partial charge is 0.368 e. The van der Waals surface area contributed by atoms with Crippen molar-refractivity contribution < 1.29 is 9.59 Å². The van der Waals surface area contributed by atoms with Gasteiger partial charge in [0, 0.05) is 45.0 Å². The number of hydrogen-bond donors (Lipinski definition) is 1. The zero-order valence-corrected chi connectivity index (χ0v) is 16.9. The van der Waals surface area contributed by atoms with Crippen molar-refractivity contribution in [3.8, 4) is 0 Å². The second-order valence-corrected chi connectivity index (χ2v) is 7.76. The molecule has 1 atom stereocenters. The summed E-state index contributed by atoms with van der Waals surface area (Å²) in [4.78, 5) is 31.4. The third-order valence-electron chi connectivity index (χ3n) is 5.84. The smallest absolute Gasteiger partial charge is 0.318 e. The highest BCUT2D eigenvalue weighted by Gasteiger charge is 2.28. The Hall–Kier alpha value is -3.02. The van der Waals surface area contributed by atoms with Crippen molar-refractivity contribution in [2.75, 3.05) is 37.6 Å². The molecule has 2 aromatic rings. The van der Waals surface area contributed by atoms with Crippen LogP contribution in [0.5, 0.6) is 0 Å². The molecule has 152 valence electrons. The molecule has 0 radical (unpaired) electrons. The average Bonchev–Trinajstić information content (AvgIpc) is 2.79. The fourth-order valence-corrected chi connectivity index (χ4v) is 4.10. The summed E-state index contributed by atoms with van der Waals surface area (Å²) < 4.78 is 0. The van der Waals surface area contributed by atoms with E-state index < -0.39 is 6.04 Å². The maximum atomic E-state index is 12.8. The van der Waals surface area contributed by atoms with Crippen LogP contribution in [0.3, 0.4) is 0 Å². The number of amides is 3. The van der Waals surface area contributed by atoms with Crippen molar-refractivity contribution in [2.24, 2.45) is 0 Å². The van der Waals surface area contributed by atoms with Gasteiger partial charge in [-0.2, -0.15) is 0 Å². The number of carbonyl (C=O) groups is 2. The molecule has 2 aliphatic heterocycles. The highest BCUT2D eigenvalue weighted by atomic mass is 16.2. The predicted molar refractivity (Wildman–Crippen MR) is 114 cm³/mol. The van der Waals surface area contributed by atoms with Gasteiger partial charge in [0.05, 0.1) is 0 Å². The summed E-state index contributed by atoms with van der Waals surface area (Å²) in [5.41, 5.74) is 3.69. The number of rotatable bonds is 3. The zero-order chi connectivity index (χ0) is 20.2. The van der Waals surface area contributed by atoms with Gasteiger partial charge in [0.2, 0.25) is 5.91 Å². The van der Waals surface area contributed by atoms with E-state index in [2.05, 4.69) is 34.5 Å². The van der Waals surface area contributed by atoms with Crippen LogP contribution in [0.1, 0.15) is 18.1 Å². The standard InChI is InChI=1S/C23H28N4O2/c1-18(22(28)27-12-11-19-7-5-6-8-20(19)17-27)24-23(29)26-15-13-25(14-16-26)21-9-3-2-4-10-21/h2-10,18H,11-17H2,1H3,(H,24,29). The van der Waals surface area contributed by atoms with Crippen molar-refractivity contribution in [1.82, 2.24) is 15.1 Å². The lowest BCUT2D eigenvalue weighted by Gasteiger charge is -2.37. The second-order valence-electron chi connectivity index (χ2n) is 7.76. The molecule has 0 spiro atoms. The predicted octanol–water partition coefficient (Wildman–Crippen LogP) is 2.49.